The highest BCUT2D eigenvalue weighted by Crippen LogP contribution is 2.24. The first-order chi connectivity index (χ1) is 8.36. The maximum atomic E-state index is 11.8. The van der Waals surface area contributed by atoms with Crippen molar-refractivity contribution in [3.8, 4) is 5.75 Å². The van der Waals surface area contributed by atoms with Gasteiger partial charge in [-0.1, -0.05) is 12.1 Å². The van der Waals surface area contributed by atoms with Gasteiger partial charge in [0.2, 0.25) is 0 Å². The quantitative estimate of drug-likeness (QED) is 0.781. The second-order valence-electron chi connectivity index (χ2n) is 3.46. The molecule has 0 amide bonds. The van der Waals surface area contributed by atoms with Gasteiger partial charge in [-0.25, -0.2) is 0 Å². The summed E-state index contributed by atoms with van der Waals surface area (Å²) in [6, 6.07) is 6.44. The molecule has 1 aromatic rings. The second kappa shape index (κ2) is 5.69. The first-order valence-corrected chi connectivity index (χ1v) is 6.39. The number of likely N-dealkylation sites (N-methyl/N-ethyl adjacent to an activating group) is 1. The van der Waals surface area contributed by atoms with Crippen molar-refractivity contribution in [2.45, 2.75) is 0 Å². The van der Waals surface area contributed by atoms with Gasteiger partial charge < -0.3 is 9.84 Å². The highest BCUT2D eigenvalue weighted by Gasteiger charge is 2.21. The summed E-state index contributed by atoms with van der Waals surface area (Å²) < 4.78 is 31.5. The summed E-state index contributed by atoms with van der Waals surface area (Å²) in [4.78, 5) is 10.5. The van der Waals surface area contributed by atoms with Gasteiger partial charge >= 0.3 is 16.2 Å². The molecule has 0 unspecified atom stereocenters. The molecule has 0 aliphatic carbocycles. The normalized spacial score (nSPS) is 11.3. The van der Waals surface area contributed by atoms with Crippen molar-refractivity contribution >= 4 is 21.9 Å². The van der Waals surface area contributed by atoms with Gasteiger partial charge in [0.25, 0.3) is 0 Å². The van der Waals surface area contributed by atoms with Crippen LogP contribution in [0.3, 0.4) is 0 Å². The number of carbonyl (C=O) groups is 1. The van der Waals surface area contributed by atoms with Gasteiger partial charge in [0.1, 0.15) is 12.3 Å². The van der Waals surface area contributed by atoms with Crippen LogP contribution in [0.2, 0.25) is 0 Å². The monoisotopic (exact) mass is 274 g/mol. The maximum Gasteiger partial charge on any atom is 0.318 e. The van der Waals surface area contributed by atoms with Crippen LogP contribution in [0.4, 0.5) is 5.69 Å². The van der Waals surface area contributed by atoms with Crippen LogP contribution in [-0.2, 0) is 15.0 Å². The number of ether oxygens (including phenoxy) is 1. The lowest BCUT2D eigenvalue weighted by molar-refractivity contribution is -0.137. The van der Waals surface area contributed by atoms with E-state index in [0.29, 0.717) is 10.1 Å². The van der Waals surface area contributed by atoms with Gasteiger partial charge in [-0.05, 0) is 12.1 Å². The smallest absolute Gasteiger partial charge is 0.318 e. The Balaban J connectivity index is 2.92. The van der Waals surface area contributed by atoms with Crippen molar-refractivity contribution in [3.05, 3.63) is 24.3 Å². The van der Waals surface area contributed by atoms with Crippen molar-refractivity contribution in [1.29, 1.82) is 0 Å². The fourth-order valence-corrected chi connectivity index (χ4v) is 2.10. The number of carboxylic acids is 1. The predicted molar refractivity (Wildman–Crippen MR) is 65.8 cm³/mol. The number of aliphatic carboxylic acids is 1. The van der Waals surface area contributed by atoms with E-state index in [0.717, 1.165) is 0 Å². The first kappa shape index (κ1) is 14.3. The van der Waals surface area contributed by atoms with Gasteiger partial charge in [0.15, 0.2) is 0 Å². The molecule has 18 heavy (non-hydrogen) atoms. The van der Waals surface area contributed by atoms with E-state index in [1.165, 1.54) is 20.2 Å². The summed E-state index contributed by atoms with van der Waals surface area (Å²) in [5, 5.41) is 8.56. The zero-order valence-corrected chi connectivity index (χ0v) is 10.8. The van der Waals surface area contributed by atoms with Gasteiger partial charge in [-0.2, -0.15) is 12.7 Å². The third-order valence-corrected chi connectivity index (χ3v) is 3.54. The maximum absolute atomic E-state index is 11.8. The molecule has 0 fully saturated rings. The van der Waals surface area contributed by atoms with Crippen molar-refractivity contribution < 1.29 is 23.1 Å². The highest BCUT2D eigenvalue weighted by atomic mass is 32.2. The number of benzene rings is 1. The molecule has 0 radical (unpaired) electrons. The minimum Gasteiger partial charge on any atom is -0.495 e. The van der Waals surface area contributed by atoms with Gasteiger partial charge in [-0.15, -0.1) is 0 Å². The number of anilines is 1. The van der Waals surface area contributed by atoms with Crippen LogP contribution in [0.15, 0.2) is 24.3 Å². The van der Waals surface area contributed by atoms with Crippen LogP contribution in [0.1, 0.15) is 0 Å². The first-order valence-electron chi connectivity index (χ1n) is 4.95. The third-order valence-electron chi connectivity index (χ3n) is 2.11. The van der Waals surface area contributed by atoms with E-state index in [9.17, 15) is 13.2 Å². The Kier molecular flexibility index (Phi) is 4.51. The Morgan fingerprint density at radius 3 is 2.61 bits per heavy atom. The second-order valence-corrected chi connectivity index (χ2v) is 5.23. The Bertz CT molecular complexity index is 529. The molecule has 1 aromatic carbocycles. The molecule has 0 heterocycles. The van der Waals surface area contributed by atoms with Crippen molar-refractivity contribution in [3.63, 3.8) is 0 Å². The van der Waals surface area contributed by atoms with Crippen molar-refractivity contribution in [2.24, 2.45) is 0 Å². The van der Waals surface area contributed by atoms with E-state index in [-0.39, 0.29) is 5.69 Å². The van der Waals surface area contributed by atoms with E-state index in [1.807, 2.05) is 0 Å². The number of nitrogens with zero attached hydrogens (tertiary/aromatic N) is 1. The predicted octanol–water partition coefficient (Wildman–Crippen LogP) is 0.368. The molecule has 0 bridgehead atoms. The fraction of sp³-hybridized carbons (Fsp3) is 0.300. The molecule has 1 rings (SSSR count). The standard InChI is InChI=1S/C10H14N2O5S/c1-12(7-10(13)14)18(15,16)11-8-5-3-4-6-9(8)17-2/h3-6,11H,7H2,1-2H3,(H,13,14). The zero-order chi connectivity index (χ0) is 13.8. The highest BCUT2D eigenvalue weighted by molar-refractivity contribution is 7.90. The number of hydrogen-bond donors (Lipinski definition) is 2. The fourth-order valence-electron chi connectivity index (χ4n) is 1.22. The Labute approximate surface area is 105 Å². The summed E-state index contributed by atoms with van der Waals surface area (Å²) in [5.41, 5.74) is 0.247. The van der Waals surface area contributed by atoms with E-state index >= 15 is 0 Å². The molecule has 0 atom stereocenters. The molecule has 7 nitrogen and oxygen atoms in total. The minimum absolute atomic E-state index is 0.247. The lowest BCUT2D eigenvalue weighted by atomic mass is 10.3. The topological polar surface area (TPSA) is 95.9 Å². The molecule has 0 aromatic heterocycles. The lowest BCUT2D eigenvalue weighted by Crippen LogP contribution is -2.36. The summed E-state index contributed by atoms with van der Waals surface area (Å²) >= 11 is 0. The van der Waals surface area contributed by atoms with Crippen LogP contribution in [-0.4, -0.2) is 44.5 Å². The Morgan fingerprint density at radius 1 is 1.44 bits per heavy atom. The molecule has 0 aliphatic heterocycles. The third kappa shape index (κ3) is 3.60. The number of carboxylic acid groups (broad SMARTS) is 1. The summed E-state index contributed by atoms with van der Waals surface area (Å²) in [6.45, 7) is -0.621. The molecule has 0 spiro atoms. The Morgan fingerprint density at radius 2 is 2.06 bits per heavy atom. The van der Waals surface area contributed by atoms with Crippen molar-refractivity contribution in [1.82, 2.24) is 4.31 Å². The van der Waals surface area contributed by atoms with Crippen LogP contribution >= 0.6 is 0 Å². The molecule has 8 heteroatoms. The molecular weight excluding hydrogens is 260 g/mol. The molecular formula is C10H14N2O5S. The van der Waals surface area contributed by atoms with Crippen LogP contribution in [0.5, 0.6) is 5.75 Å². The number of hydrogen-bond acceptors (Lipinski definition) is 4. The zero-order valence-electron chi connectivity index (χ0n) is 9.95. The Hall–Kier alpha value is -1.80. The number of rotatable bonds is 6. The molecule has 0 aliphatic rings. The van der Waals surface area contributed by atoms with Gasteiger partial charge in [-0.3, -0.25) is 9.52 Å². The van der Waals surface area contributed by atoms with Crippen molar-refractivity contribution in [2.75, 3.05) is 25.4 Å². The van der Waals surface area contributed by atoms with Crippen LogP contribution in [0, 0.1) is 0 Å². The number of nitrogens with one attached hydrogen (secondary N) is 1. The van der Waals surface area contributed by atoms with E-state index < -0.39 is 22.7 Å². The molecule has 100 valence electrons. The van der Waals surface area contributed by atoms with Gasteiger partial charge in [0.05, 0.1) is 12.8 Å². The number of para-hydroxylation sites is 2. The van der Waals surface area contributed by atoms with Gasteiger partial charge in [0, 0.05) is 7.05 Å². The van der Waals surface area contributed by atoms with E-state index in [1.54, 1.807) is 18.2 Å². The average Bonchev–Trinajstić information content (AvgIpc) is 2.28. The molecule has 0 saturated carbocycles. The molecule has 0 saturated heterocycles. The lowest BCUT2D eigenvalue weighted by Gasteiger charge is -2.17. The summed E-state index contributed by atoms with van der Waals surface area (Å²) in [5.74, 6) is -0.882. The summed E-state index contributed by atoms with van der Waals surface area (Å²) in [7, 11) is -1.34. The van der Waals surface area contributed by atoms with Crippen LogP contribution < -0.4 is 9.46 Å². The van der Waals surface area contributed by atoms with E-state index in [2.05, 4.69) is 4.72 Å². The number of methoxy groups -OCH3 is 1. The van der Waals surface area contributed by atoms with E-state index in [4.69, 9.17) is 9.84 Å². The summed E-state index contributed by atoms with van der Waals surface area (Å²) in [6.07, 6.45) is 0. The minimum atomic E-state index is -3.92. The molecule has 2 N–H and O–H groups in total. The average molecular weight is 274 g/mol. The van der Waals surface area contributed by atoms with Crippen LogP contribution in [0.25, 0.3) is 0 Å². The SMILES string of the molecule is COc1ccccc1NS(=O)(=O)N(C)CC(=O)O. The largest absolute Gasteiger partial charge is 0.495 e.